The number of nitrogens with zero attached hydrogens (tertiary/aromatic N) is 2. The standard InChI is InChI=1S/C13H18N2O/c1-10-6-11(2)9-15(8-10)13(16)12-4-3-5-14-7-12/h3-5,7,10-11H,6,8-9H2,1-2H3/t10-,11-/m1/s1. The summed E-state index contributed by atoms with van der Waals surface area (Å²) in [6.07, 6.45) is 4.56. The number of aromatic nitrogens is 1. The molecule has 0 unspecified atom stereocenters. The second kappa shape index (κ2) is 4.64. The molecule has 0 saturated carbocycles. The van der Waals surface area contributed by atoms with Crippen molar-refractivity contribution in [3.8, 4) is 0 Å². The molecule has 3 nitrogen and oxygen atoms in total. The topological polar surface area (TPSA) is 33.2 Å². The van der Waals surface area contributed by atoms with E-state index in [-0.39, 0.29) is 5.91 Å². The van der Waals surface area contributed by atoms with Crippen LogP contribution in [0.2, 0.25) is 0 Å². The summed E-state index contributed by atoms with van der Waals surface area (Å²) in [5.74, 6) is 1.32. The number of hydrogen-bond acceptors (Lipinski definition) is 2. The highest BCUT2D eigenvalue weighted by Gasteiger charge is 2.25. The first kappa shape index (κ1) is 11.1. The average molecular weight is 218 g/mol. The predicted molar refractivity (Wildman–Crippen MR) is 63.1 cm³/mol. The van der Waals surface area contributed by atoms with Gasteiger partial charge in [0.2, 0.25) is 0 Å². The van der Waals surface area contributed by atoms with Gasteiger partial charge in [0.15, 0.2) is 0 Å². The lowest BCUT2D eigenvalue weighted by atomic mass is 9.91. The Morgan fingerprint density at radius 2 is 2.06 bits per heavy atom. The fourth-order valence-electron chi connectivity index (χ4n) is 2.50. The van der Waals surface area contributed by atoms with Crippen molar-refractivity contribution in [2.75, 3.05) is 13.1 Å². The van der Waals surface area contributed by atoms with Gasteiger partial charge in [-0.25, -0.2) is 0 Å². The molecule has 0 aromatic carbocycles. The molecule has 16 heavy (non-hydrogen) atoms. The van der Waals surface area contributed by atoms with Crippen LogP contribution in [-0.4, -0.2) is 28.9 Å². The van der Waals surface area contributed by atoms with Gasteiger partial charge in [0, 0.05) is 25.5 Å². The normalized spacial score (nSPS) is 25.5. The fraction of sp³-hybridized carbons (Fsp3) is 0.538. The van der Waals surface area contributed by atoms with Crippen molar-refractivity contribution in [1.29, 1.82) is 0 Å². The van der Waals surface area contributed by atoms with Crippen molar-refractivity contribution in [2.45, 2.75) is 20.3 Å². The van der Waals surface area contributed by atoms with Crippen LogP contribution in [0.1, 0.15) is 30.6 Å². The Kier molecular flexibility index (Phi) is 3.22. The Labute approximate surface area is 96.5 Å². The lowest BCUT2D eigenvalue weighted by Gasteiger charge is -2.35. The summed E-state index contributed by atoms with van der Waals surface area (Å²) in [7, 11) is 0. The number of likely N-dealkylation sites (tertiary alicyclic amines) is 1. The van der Waals surface area contributed by atoms with E-state index in [1.54, 1.807) is 12.4 Å². The van der Waals surface area contributed by atoms with Crippen LogP contribution >= 0.6 is 0 Å². The number of pyridine rings is 1. The van der Waals surface area contributed by atoms with Gasteiger partial charge in [-0.15, -0.1) is 0 Å². The zero-order valence-corrected chi connectivity index (χ0v) is 9.89. The quantitative estimate of drug-likeness (QED) is 0.724. The first-order chi connectivity index (χ1) is 7.66. The third-order valence-corrected chi connectivity index (χ3v) is 3.06. The molecule has 1 fully saturated rings. The number of piperidine rings is 1. The van der Waals surface area contributed by atoms with Crippen molar-refractivity contribution < 1.29 is 4.79 Å². The Morgan fingerprint density at radius 3 is 2.62 bits per heavy atom. The second-order valence-corrected chi connectivity index (χ2v) is 4.90. The molecular formula is C13H18N2O. The largest absolute Gasteiger partial charge is 0.338 e. The molecule has 0 aliphatic carbocycles. The fourth-order valence-corrected chi connectivity index (χ4v) is 2.50. The summed E-state index contributed by atoms with van der Waals surface area (Å²) in [5.41, 5.74) is 0.698. The highest BCUT2D eigenvalue weighted by molar-refractivity contribution is 5.93. The molecule has 1 aromatic rings. The maximum atomic E-state index is 12.2. The smallest absolute Gasteiger partial charge is 0.255 e. The van der Waals surface area contributed by atoms with E-state index in [4.69, 9.17) is 0 Å². The van der Waals surface area contributed by atoms with Crippen LogP contribution < -0.4 is 0 Å². The molecule has 0 bridgehead atoms. The monoisotopic (exact) mass is 218 g/mol. The van der Waals surface area contributed by atoms with Crippen LogP contribution in [0.25, 0.3) is 0 Å². The minimum atomic E-state index is 0.117. The van der Waals surface area contributed by atoms with Crippen molar-refractivity contribution >= 4 is 5.91 Å². The van der Waals surface area contributed by atoms with Crippen LogP contribution in [0.4, 0.5) is 0 Å². The van der Waals surface area contributed by atoms with Gasteiger partial charge in [-0.3, -0.25) is 9.78 Å². The number of hydrogen-bond donors (Lipinski definition) is 0. The summed E-state index contributed by atoms with van der Waals surface area (Å²) in [5, 5.41) is 0. The van der Waals surface area contributed by atoms with Gasteiger partial charge in [0.25, 0.3) is 5.91 Å². The van der Waals surface area contributed by atoms with Gasteiger partial charge in [-0.05, 0) is 30.4 Å². The Hall–Kier alpha value is -1.38. The molecule has 1 aromatic heterocycles. The SMILES string of the molecule is C[C@@H]1C[C@@H](C)CN(C(=O)c2cccnc2)C1. The van der Waals surface area contributed by atoms with Crippen molar-refractivity contribution in [3.63, 3.8) is 0 Å². The molecule has 0 N–H and O–H groups in total. The summed E-state index contributed by atoms with van der Waals surface area (Å²) in [4.78, 5) is 18.1. The molecule has 1 amide bonds. The van der Waals surface area contributed by atoms with Crippen molar-refractivity contribution in [3.05, 3.63) is 30.1 Å². The number of carbonyl (C=O) groups is 1. The number of rotatable bonds is 1. The summed E-state index contributed by atoms with van der Waals surface area (Å²) in [6.45, 7) is 6.16. The minimum absolute atomic E-state index is 0.117. The van der Waals surface area contributed by atoms with Crippen molar-refractivity contribution in [2.24, 2.45) is 11.8 Å². The van der Waals surface area contributed by atoms with Crippen LogP contribution in [0.3, 0.4) is 0 Å². The summed E-state index contributed by atoms with van der Waals surface area (Å²) >= 11 is 0. The Morgan fingerprint density at radius 1 is 1.38 bits per heavy atom. The molecule has 1 saturated heterocycles. The van der Waals surface area contributed by atoms with Gasteiger partial charge in [-0.1, -0.05) is 13.8 Å². The summed E-state index contributed by atoms with van der Waals surface area (Å²) < 4.78 is 0. The zero-order chi connectivity index (χ0) is 11.5. The third kappa shape index (κ3) is 2.40. The molecule has 0 spiro atoms. The first-order valence-electron chi connectivity index (χ1n) is 5.86. The van der Waals surface area contributed by atoms with E-state index in [9.17, 15) is 4.79 Å². The second-order valence-electron chi connectivity index (χ2n) is 4.90. The highest BCUT2D eigenvalue weighted by Crippen LogP contribution is 2.22. The van der Waals surface area contributed by atoms with E-state index < -0.39 is 0 Å². The number of amides is 1. The molecule has 3 heteroatoms. The summed E-state index contributed by atoms with van der Waals surface area (Å²) in [6, 6.07) is 3.64. The van der Waals surface area contributed by atoms with Crippen molar-refractivity contribution in [1.82, 2.24) is 9.88 Å². The molecule has 2 rings (SSSR count). The minimum Gasteiger partial charge on any atom is -0.338 e. The Balaban J connectivity index is 2.10. The highest BCUT2D eigenvalue weighted by atomic mass is 16.2. The van der Waals surface area contributed by atoms with E-state index in [2.05, 4.69) is 18.8 Å². The van der Waals surface area contributed by atoms with E-state index in [1.807, 2.05) is 17.0 Å². The lowest BCUT2D eigenvalue weighted by Crippen LogP contribution is -2.42. The van der Waals surface area contributed by atoms with Gasteiger partial charge in [0.1, 0.15) is 0 Å². The average Bonchev–Trinajstić information content (AvgIpc) is 2.28. The van der Waals surface area contributed by atoms with Crippen LogP contribution in [0, 0.1) is 11.8 Å². The predicted octanol–water partition coefficient (Wildman–Crippen LogP) is 2.20. The maximum Gasteiger partial charge on any atom is 0.255 e. The molecule has 1 aliphatic rings. The molecule has 0 radical (unpaired) electrons. The number of carbonyl (C=O) groups excluding carboxylic acids is 1. The Bertz CT molecular complexity index is 353. The lowest BCUT2D eigenvalue weighted by molar-refractivity contribution is 0.0622. The molecule has 2 heterocycles. The van der Waals surface area contributed by atoms with Crippen LogP contribution in [0.15, 0.2) is 24.5 Å². The van der Waals surface area contributed by atoms with Gasteiger partial charge < -0.3 is 4.90 Å². The van der Waals surface area contributed by atoms with E-state index in [0.29, 0.717) is 17.4 Å². The first-order valence-corrected chi connectivity index (χ1v) is 5.86. The third-order valence-electron chi connectivity index (χ3n) is 3.06. The van der Waals surface area contributed by atoms with E-state index in [1.165, 1.54) is 6.42 Å². The molecule has 1 aliphatic heterocycles. The maximum absolute atomic E-state index is 12.2. The van der Waals surface area contributed by atoms with Crippen LogP contribution in [-0.2, 0) is 0 Å². The van der Waals surface area contributed by atoms with Gasteiger partial charge >= 0.3 is 0 Å². The molecule has 2 atom stereocenters. The van der Waals surface area contributed by atoms with Crippen LogP contribution in [0.5, 0.6) is 0 Å². The van der Waals surface area contributed by atoms with Gasteiger partial charge in [-0.2, -0.15) is 0 Å². The zero-order valence-electron chi connectivity index (χ0n) is 9.89. The van der Waals surface area contributed by atoms with Gasteiger partial charge in [0.05, 0.1) is 5.56 Å². The van der Waals surface area contributed by atoms with E-state index in [0.717, 1.165) is 13.1 Å². The van der Waals surface area contributed by atoms with E-state index >= 15 is 0 Å². The molecular weight excluding hydrogens is 200 g/mol. The molecule has 86 valence electrons.